The molecule has 0 bridgehead atoms. The molecule has 0 radical (unpaired) electrons. The molecule has 2 amide bonds. The van der Waals surface area contributed by atoms with Gasteiger partial charge in [-0.2, -0.15) is 0 Å². The number of carbonyl (C=O) groups is 2. The number of nitrogens with one attached hydrogen (secondary N) is 1. The van der Waals surface area contributed by atoms with Gasteiger partial charge in [0.2, 0.25) is 5.88 Å². The maximum absolute atomic E-state index is 17.8. The Hall–Kier alpha value is -4.61. The molecule has 0 spiro atoms. The summed E-state index contributed by atoms with van der Waals surface area (Å²) >= 11 is 1.31. The highest BCUT2D eigenvalue weighted by Crippen LogP contribution is 2.45. The average molecular weight is 857 g/mol. The van der Waals surface area contributed by atoms with Crippen LogP contribution in [0.1, 0.15) is 102 Å². The lowest BCUT2D eigenvalue weighted by Crippen LogP contribution is -2.63. The minimum Gasteiger partial charge on any atom is -0.472 e. The maximum Gasteiger partial charge on any atom is 0.412 e. The number of pyridine rings is 1. The van der Waals surface area contributed by atoms with Crippen molar-refractivity contribution in [2.75, 3.05) is 29.6 Å². The molecular weight excluding hydrogens is 796 g/mol. The Kier molecular flexibility index (Phi) is 12.5. The minimum absolute atomic E-state index is 0.00259. The molecule has 6 rings (SSSR count). The Bertz CT molecular complexity index is 2360. The van der Waals surface area contributed by atoms with Gasteiger partial charge in [-0.1, -0.05) is 71.4 Å². The molecular formula is C46H61FN6O5SSi. The summed E-state index contributed by atoms with van der Waals surface area (Å²) in [6.45, 7) is 29.1. The van der Waals surface area contributed by atoms with Crippen LogP contribution in [0.4, 0.5) is 25.5 Å². The van der Waals surface area contributed by atoms with Crippen LogP contribution < -0.4 is 15.0 Å². The summed E-state index contributed by atoms with van der Waals surface area (Å²) in [6.07, 6.45) is 0.287. The Labute approximate surface area is 359 Å². The van der Waals surface area contributed by atoms with Gasteiger partial charge in [0.25, 0.3) is 0 Å². The van der Waals surface area contributed by atoms with Crippen molar-refractivity contribution in [3.05, 3.63) is 41.7 Å². The first-order chi connectivity index (χ1) is 27.9. The number of amides is 2. The number of nitrogens with zero attached hydrogens (tertiary/aromatic N) is 5. The first kappa shape index (κ1) is 44.9. The lowest BCUT2D eigenvalue weighted by Gasteiger charge is -2.46. The van der Waals surface area contributed by atoms with Gasteiger partial charge in [0.15, 0.2) is 11.0 Å². The smallest absolute Gasteiger partial charge is 0.412 e. The van der Waals surface area contributed by atoms with Crippen molar-refractivity contribution in [1.29, 1.82) is 0 Å². The van der Waals surface area contributed by atoms with E-state index >= 15 is 4.39 Å². The van der Waals surface area contributed by atoms with Crippen LogP contribution in [0, 0.1) is 17.3 Å². The SMILES string of the molecule is CSc1nc2c3c(nc(-c4cc(NC(=O)OC(C)(C)C)cc5cccc(C#C[Si](C(C)C)(C(C)C)C(C)C)c45)c(F)c3n1)O[C@@H](C)[C@@H]1CN(C(=O)OC(C)(C)C)[C@H](C)CN21. The number of anilines is 2. The largest absolute Gasteiger partial charge is 0.472 e. The van der Waals surface area contributed by atoms with Crippen molar-refractivity contribution in [1.82, 2.24) is 19.9 Å². The number of piperazine rings is 1. The van der Waals surface area contributed by atoms with Gasteiger partial charge in [-0.25, -0.2) is 28.9 Å². The van der Waals surface area contributed by atoms with E-state index in [0.717, 1.165) is 10.9 Å². The zero-order valence-electron chi connectivity index (χ0n) is 37.8. The third kappa shape index (κ3) is 8.75. The molecule has 2 aliphatic rings. The summed E-state index contributed by atoms with van der Waals surface area (Å²) in [5, 5.41) is 5.04. The molecule has 4 heterocycles. The number of fused-ring (bicyclic) bond motifs is 3. The van der Waals surface area contributed by atoms with Crippen LogP contribution in [0.25, 0.3) is 32.9 Å². The minimum atomic E-state index is -2.18. The quantitative estimate of drug-likeness (QED) is 0.0869. The Morgan fingerprint density at radius 2 is 1.58 bits per heavy atom. The van der Waals surface area contributed by atoms with Crippen LogP contribution in [-0.2, 0) is 9.47 Å². The number of halogens is 1. The molecule has 2 aliphatic heterocycles. The molecule has 1 fully saturated rings. The predicted molar refractivity (Wildman–Crippen MR) is 243 cm³/mol. The van der Waals surface area contributed by atoms with Crippen LogP contribution >= 0.6 is 11.8 Å². The van der Waals surface area contributed by atoms with Crippen molar-refractivity contribution < 1.29 is 28.2 Å². The van der Waals surface area contributed by atoms with Gasteiger partial charge < -0.3 is 24.0 Å². The van der Waals surface area contributed by atoms with Gasteiger partial charge >= 0.3 is 12.2 Å². The van der Waals surface area contributed by atoms with Crippen molar-refractivity contribution in [3.8, 4) is 28.6 Å². The van der Waals surface area contributed by atoms with E-state index < -0.39 is 43.4 Å². The summed E-state index contributed by atoms with van der Waals surface area (Å²) < 4.78 is 35.9. The fourth-order valence-corrected chi connectivity index (χ4v) is 14.5. The standard InChI is InChI=1S/C46H61FN6O5SSi/c1-25(2)60(26(3)4,27(5)6)20-19-30-17-16-18-31-21-32(48-43(54)57-45(9,10)11)22-33(35(30)31)38-37(47)39-36-40(51-42(50-39)59-15)53-23-28(7)52(44(55)58-46(12,13)14)24-34(53)29(8)56-41(36)49-38/h16-18,21-22,25-29,34H,23-24H2,1-15H3,(H,48,54)/t28-,29+,34+/m1/s1. The zero-order valence-corrected chi connectivity index (χ0v) is 39.6. The molecule has 322 valence electrons. The monoisotopic (exact) mass is 856 g/mol. The van der Waals surface area contributed by atoms with Crippen LogP contribution in [0.3, 0.4) is 0 Å². The highest BCUT2D eigenvalue weighted by atomic mass is 32.2. The summed E-state index contributed by atoms with van der Waals surface area (Å²) in [4.78, 5) is 45.2. The first-order valence-corrected chi connectivity index (χ1v) is 24.4. The van der Waals surface area contributed by atoms with E-state index in [4.69, 9.17) is 29.2 Å². The van der Waals surface area contributed by atoms with Gasteiger partial charge in [0.05, 0.1) is 6.04 Å². The average Bonchev–Trinajstić information content (AvgIpc) is 3.23. The topological polar surface area (TPSA) is 119 Å². The van der Waals surface area contributed by atoms with E-state index in [1.54, 1.807) is 31.7 Å². The van der Waals surface area contributed by atoms with Gasteiger partial charge in [-0.3, -0.25) is 5.32 Å². The van der Waals surface area contributed by atoms with E-state index in [1.807, 2.05) is 65.1 Å². The van der Waals surface area contributed by atoms with Gasteiger partial charge in [0.1, 0.15) is 47.8 Å². The Morgan fingerprint density at radius 1 is 0.933 bits per heavy atom. The van der Waals surface area contributed by atoms with Crippen molar-refractivity contribution in [3.63, 3.8) is 0 Å². The van der Waals surface area contributed by atoms with Crippen molar-refractivity contribution in [2.24, 2.45) is 0 Å². The second kappa shape index (κ2) is 16.7. The summed E-state index contributed by atoms with van der Waals surface area (Å²) in [5.41, 5.74) is 5.25. The zero-order chi connectivity index (χ0) is 44.2. The first-order valence-electron chi connectivity index (χ1n) is 20.9. The molecule has 2 aromatic heterocycles. The Balaban J connectivity index is 1.61. The third-order valence-corrected chi connectivity index (χ3v) is 18.4. The molecule has 0 aliphatic carbocycles. The number of hydrogen-bond acceptors (Lipinski definition) is 10. The highest BCUT2D eigenvalue weighted by Gasteiger charge is 2.44. The van der Waals surface area contributed by atoms with Crippen molar-refractivity contribution in [2.45, 2.75) is 148 Å². The molecule has 2 aromatic carbocycles. The maximum atomic E-state index is 17.8. The van der Waals surface area contributed by atoms with E-state index in [-0.39, 0.29) is 29.2 Å². The lowest BCUT2D eigenvalue weighted by atomic mass is 9.95. The second-order valence-corrected chi connectivity index (χ2v) is 25.4. The molecule has 14 heteroatoms. The van der Waals surface area contributed by atoms with Crippen LogP contribution in [0.5, 0.6) is 5.88 Å². The summed E-state index contributed by atoms with van der Waals surface area (Å²) in [5.74, 6) is 3.64. The number of ether oxygens (including phenoxy) is 3. The molecule has 4 aromatic rings. The molecule has 1 N–H and O–H groups in total. The normalized spacial score (nSPS) is 18.3. The number of thioether (sulfide) groups is 1. The number of aromatic nitrogens is 3. The van der Waals surface area contributed by atoms with E-state index in [2.05, 4.69) is 63.2 Å². The van der Waals surface area contributed by atoms with E-state index in [9.17, 15) is 9.59 Å². The molecule has 0 saturated carbocycles. The van der Waals surface area contributed by atoms with Crippen LogP contribution in [0.2, 0.25) is 16.6 Å². The van der Waals surface area contributed by atoms with Crippen LogP contribution in [-0.4, -0.2) is 88.8 Å². The number of carbonyl (C=O) groups excluding carboxylic acids is 2. The fourth-order valence-electron chi connectivity index (χ4n) is 8.96. The molecule has 11 nitrogen and oxygen atoms in total. The van der Waals surface area contributed by atoms with Gasteiger partial charge in [0, 0.05) is 41.3 Å². The van der Waals surface area contributed by atoms with Crippen molar-refractivity contribution >= 4 is 65.2 Å². The van der Waals surface area contributed by atoms with Crippen LogP contribution in [0.15, 0.2) is 35.5 Å². The molecule has 3 atom stereocenters. The Morgan fingerprint density at radius 3 is 2.18 bits per heavy atom. The summed E-state index contributed by atoms with van der Waals surface area (Å²) in [6, 6.07) is 8.78. The number of hydrogen-bond donors (Lipinski definition) is 1. The van der Waals surface area contributed by atoms with Gasteiger partial charge in [-0.05, 0) is 102 Å². The number of benzene rings is 2. The molecule has 60 heavy (non-hydrogen) atoms. The summed E-state index contributed by atoms with van der Waals surface area (Å²) in [7, 11) is -2.18. The van der Waals surface area contributed by atoms with E-state index in [0.29, 0.717) is 62.7 Å². The fraction of sp³-hybridized carbons (Fsp3) is 0.543. The predicted octanol–water partition coefficient (Wildman–Crippen LogP) is 11.2. The second-order valence-electron chi connectivity index (χ2n) is 19.1. The molecule has 0 unspecified atom stereocenters. The van der Waals surface area contributed by atoms with Gasteiger partial charge in [-0.15, -0.1) is 5.54 Å². The lowest BCUT2D eigenvalue weighted by molar-refractivity contribution is 0.00761. The third-order valence-electron chi connectivity index (χ3n) is 11.6. The molecule has 1 saturated heterocycles. The highest BCUT2D eigenvalue weighted by molar-refractivity contribution is 7.98. The van der Waals surface area contributed by atoms with E-state index in [1.165, 1.54) is 11.8 Å². The number of rotatable bonds is 6.